The molecule has 0 radical (unpaired) electrons. The number of benzene rings is 1. The molecule has 3 nitrogen and oxygen atoms in total. The van der Waals surface area contributed by atoms with E-state index in [1.807, 2.05) is 32.9 Å². The molecule has 0 spiro atoms. The Bertz CT molecular complexity index is 473. The Labute approximate surface area is 102 Å². The van der Waals surface area contributed by atoms with Crippen LogP contribution in [0, 0.1) is 13.8 Å². The number of hydrogen-bond donors (Lipinski definition) is 1. The van der Waals surface area contributed by atoms with Gasteiger partial charge in [-0.3, -0.25) is 9.79 Å². The van der Waals surface area contributed by atoms with Gasteiger partial charge in [0.25, 0.3) is 0 Å². The Morgan fingerprint density at radius 3 is 2.65 bits per heavy atom. The highest BCUT2D eigenvalue weighted by molar-refractivity contribution is 6.11. The molecule has 1 aromatic carbocycles. The summed E-state index contributed by atoms with van der Waals surface area (Å²) in [4.78, 5) is 15.1. The summed E-state index contributed by atoms with van der Waals surface area (Å²) in [5.41, 5.74) is 10.2. The molecule has 1 aromatic rings. The Morgan fingerprint density at radius 2 is 2.12 bits per heavy atom. The van der Waals surface area contributed by atoms with Gasteiger partial charge in [0.2, 0.25) is 0 Å². The second kappa shape index (κ2) is 5.99. The van der Waals surface area contributed by atoms with Crippen LogP contribution in [0.15, 0.2) is 23.3 Å². The fourth-order valence-corrected chi connectivity index (χ4v) is 1.82. The maximum absolute atomic E-state index is 10.9. The smallest absolute Gasteiger partial charge is 0.150 e. The van der Waals surface area contributed by atoms with E-state index < -0.39 is 0 Å². The van der Waals surface area contributed by atoms with E-state index in [4.69, 9.17) is 5.73 Å². The second-order valence-electron chi connectivity index (χ2n) is 3.84. The minimum Gasteiger partial charge on any atom is -0.404 e. The molecule has 0 aromatic heterocycles. The maximum Gasteiger partial charge on any atom is 0.150 e. The predicted molar refractivity (Wildman–Crippen MR) is 72.5 cm³/mol. The van der Waals surface area contributed by atoms with Gasteiger partial charge in [-0.15, -0.1) is 0 Å². The van der Waals surface area contributed by atoms with E-state index in [2.05, 4.69) is 4.99 Å². The second-order valence-corrected chi connectivity index (χ2v) is 3.84. The van der Waals surface area contributed by atoms with Crippen LogP contribution in [0.3, 0.4) is 0 Å². The normalized spacial score (nSPS) is 12.1. The molecule has 0 saturated heterocycles. The zero-order valence-corrected chi connectivity index (χ0v) is 10.5. The number of aldehydes is 1. The number of aryl methyl sites for hydroxylation is 1. The van der Waals surface area contributed by atoms with Gasteiger partial charge in [0.05, 0.1) is 0 Å². The molecule has 0 aliphatic carbocycles. The summed E-state index contributed by atoms with van der Waals surface area (Å²) in [6.07, 6.45) is 4.15. The minimum atomic E-state index is 0.690. The fraction of sp³-hybridized carbons (Fsp3) is 0.286. The molecule has 0 bridgehead atoms. The van der Waals surface area contributed by atoms with Gasteiger partial charge in [-0.1, -0.05) is 12.1 Å². The SMILES string of the molecule is CCN=C/C(=C\N)c1c(C)ccc(C=O)c1C. The van der Waals surface area contributed by atoms with Crippen molar-refractivity contribution in [3.05, 3.63) is 40.6 Å². The standard InChI is InChI=1S/C14H18N2O/c1-4-16-8-13(7-15)14-10(2)5-6-12(9-17)11(14)3/h5-9H,4,15H2,1-3H3/b13-7+,16-8?. The van der Waals surface area contributed by atoms with Gasteiger partial charge < -0.3 is 5.73 Å². The van der Waals surface area contributed by atoms with Crippen molar-refractivity contribution in [1.29, 1.82) is 0 Å². The molecule has 0 amide bonds. The predicted octanol–water partition coefficient (Wildman–Crippen LogP) is 2.51. The number of carbonyl (C=O) groups excluding carboxylic acids is 1. The molecular formula is C14H18N2O. The molecule has 0 fully saturated rings. The fourth-order valence-electron chi connectivity index (χ4n) is 1.82. The molecule has 1 rings (SSSR count). The Morgan fingerprint density at radius 1 is 1.41 bits per heavy atom. The summed E-state index contributed by atoms with van der Waals surface area (Å²) in [5, 5.41) is 0. The first-order valence-electron chi connectivity index (χ1n) is 5.63. The van der Waals surface area contributed by atoms with Crippen molar-refractivity contribution in [3.8, 4) is 0 Å². The number of carbonyl (C=O) groups is 1. The summed E-state index contributed by atoms with van der Waals surface area (Å²) < 4.78 is 0. The largest absolute Gasteiger partial charge is 0.404 e. The third-order valence-corrected chi connectivity index (χ3v) is 2.72. The number of nitrogens with two attached hydrogens (primary N) is 1. The minimum absolute atomic E-state index is 0.690. The van der Waals surface area contributed by atoms with E-state index in [0.29, 0.717) is 12.1 Å². The lowest BCUT2D eigenvalue weighted by molar-refractivity contribution is 0.112. The van der Waals surface area contributed by atoms with E-state index in [1.54, 1.807) is 6.21 Å². The third-order valence-electron chi connectivity index (χ3n) is 2.72. The van der Waals surface area contributed by atoms with Crippen LogP contribution in [0.2, 0.25) is 0 Å². The molecule has 0 aliphatic heterocycles. The molecule has 2 N–H and O–H groups in total. The highest BCUT2D eigenvalue weighted by atomic mass is 16.1. The van der Waals surface area contributed by atoms with Crippen LogP contribution in [0.25, 0.3) is 5.57 Å². The van der Waals surface area contributed by atoms with Gasteiger partial charge >= 0.3 is 0 Å². The molecule has 90 valence electrons. The monoisotopic (exact) mass is 230 g/mol. The van der Waals surface area contributed by atoms with Gasteiger partial charge in [-0.2, -0.15) is 0 Å². The number of allylic oxidation sites excluding steroid dienone is 1. The third kappa shape index (κ3) is 2.81. The lowest BCUT2D eigenvalue weighted by Gasteiger charge is -2.12. The van der Waals surface area contributed by atoms with Crippen LogP contribution in [0.1, 0.15) is 34.0 Å². The molecule has 0 atom stereocenters. The van der Waals surface area contributed by atoms with Crippen LogP contribution >= 0.6 is 0 Å². The van der Waals surface area contributed by atoms with E-state index in [0.717, 1.165) is 28.5 Å². The molecule has 17 heavy (non-hydrogen) atoms. The van der Waals surface area contributed by atoms with Gasteiger partial charge in [0.15, 0.2) is 0 Å². The van der Waals surface area contributed by atoms with Gasteiger partial charge in [0.1, 0.15) is 6.29 Å². The highest BCUT2D eigenvalue weighted by Gasteiger charge is 2.09. The summed E-state index contributed by atoms with van der Waals surface area (Å²) in [5.74, 6) is 0. The number of aliphatic imine (C=N–C) groups is 1. The van der Waals surface area contributed by atoms with Crippen molar-refractivity contribution >= 4 is 18.1 Å². The summed E-state index contributed by atoms with van der Waals surface area (Å²) >= 11 is 0. The number of nitrogens with zero attached hydrogens (tertiary/aromatic N) is 1. The van der Waals surface area contributed by atoms with Crippen molar-refractivity contribution in [1.82, 2.24) is 0 Å². The summed E-state index contributed by atoms with van der Waals surface area (Å²) in [6.45, 7) is 6.60. The number of rotatable bonds is 4. The zero-order valence-electron chi connectivity index (χ0n) is 10.5. The van der Waals surface area contributed by atoms with Crippen LogP contribution in [0.5, 0.6) is 0 Å². The van der Waals surface area contributed by atoms with Crippen molar-refractivity contribution in [2.45, 2.75) is 20.8 Å². The lowest BCUT2D eigenvalue weighted by atomic mass is 9.93. The quantitative estimate of drug-likeness (QED) is 0.638. The van der Waals surface area contributed by atoms with E-state index in [1.165, 1.54) is 6.20 Å². The van der Waals surface area contributed by atoms with Crippen LogP contribution in [-0.4, -0.2) is 19.0 Å². The number of hydrogen-bond acceptors (Lipinski definition) is 3. The molecule has 0 heterocycles. The summed E-state index contributed by atoms with van der Waals surface area (Å²) in [6, 6.07) is 3.75. The highest BCUT2D eigenvalue weighted by Crippen LogP contribution is 2.23. The molecular weight excluding hydrogens is 212 g/mol. The molecule has 3 heteroatoms. The van der Waals surface area contributed by atoms with E-state index >= 15 is 0 Å². The van der Waals surface area contributed by atoms with E-state index in [-0.39, 0.29) is 0 Å². The van der Waals surface area contributed by atoms with Crippen molar-refractivity contribution in [3.63, 3.8) is 0 Å². The van der Waals surface area contributed by atoms with Crippen molar-refractivity contribution in [2.24, 2.45) is 10.7 Å². The maximum atomic E-state index is 10.9. The van der Waals surface area contributed by atoms with Gasteiger partial charge in [0, 0.05) is 30.1 Å². The first kappa shape index (κ1) is 13.2. The van der Waals surface area contributed by atoms with Crippen molar-refractivity contribution < 1.29 is 4.79 Å². The molecule has 0 aliphatic rings. The lowest BCUT2D eigenvalue weighted by Crippen LogP contribution is -2.01. The van der Waals surface area contributed by atoms with Gasteiger partial charge in [-0.25, -0.2) is 0 Å². The summed E-state index contributed by atoms with van der Waals surface area (Å²) in [7, 11) is 0. The Kier molecular flexibility index (Phi) is 4.64. The first-order chi connectivity index (χ1) is 8.15. The van der Waals surface area contributed by atoms with Crippen LogP contribution in [0.4, 0.5) is 0 Å². The topological polar surface area (TPSA) is 55.4 Å². The first-order valence-corrected chi connectivity index (χ1v) is 5.63. The molecule has 0 unspecified atom stereocenters. The van der Waals surface area contributed by atoms with Crippen LogP contribution < -0.4 is 5.73 Å². The van der Waals surface area contributed by atoms with Crippen LogP contribution in [-0.2, 0) is 0 Å². The van der Waals surface area contributed by atoms with Gasteiger partial charge in [-0.05, 0) is 37.5 Å². The van der Waals surface area contributed by atoms with E-state index in [9.17, 15) is 4.79 Å². The zero-order chi connectivity index (χ0) is 12.8. The van der Waals surface area contributed by atoms with Crippen molar-refractivity contribution in [2.75, 3.05) is 6.54 Å². The average Bonchev–Trinajstić information content (AvgIpc) is 2.33. The Balaban J connectivity index is 3.38. The average molecular weight is 230 g/mol. The molecule has 0 saturated carbocycles. The Hall–Kier alpha value is -1.90.